The minimum atomic E-state index is -0.967. The van der Waals surface area contributed by atoms with Crippen molar-refractivity contribution in [2.75, 3.05) is 0 Å². The maximum Gasteiger partial charge on any atom is 0.339 e. The first-order chi connectivity index (χ1) is 12.4. The summed E-state index contributed by atoms with van der Waals surface area (Å²) in [5.74, 6) is 0.159. The SMILES string of the molecule is C=C(C)[C@@H]1CC[C@@H](C)C2Oc3c(C(=O)O)c(CCCCC)cc(O)c3C21. The Kier molecular flexibility index (Phi) is 5.31. The molecule has 1 fully saturated rings. The number of hydrogen-bond donors (Lipinski definition) is 2. The van der Waals surface area contributed by atoms with Crippen molar-refractivity contribution >= 4 is 5.97 Å². The zero-order valence-corrected chi connectivity index (χ0v) is 16.0. The van der Waals surface area contributed by atoms with E-state index < -0.39 is 5.97 Å². The van der Waals surface area contributed by atoms with Crippen molar-refractivity contribution in [2.45, 2.75) is 71.3 Å². The van der Waals surface area contributed by atoms with Crippen LogP contribution in [0.25, 0.3) is 0 Å². The number of carboxylic acids is 1. The number of allylic oxidation sites excluding steroid dienone is 1. The van der Waals surface area contributed by atoms with Crippen LogP contribution in [0.15, 0.2) is 18.2 Å². The zero-order chi connectivity index (χ0) is 19.0. The molecule has 4 nitrogen and oxygen atoms in total. The van der Waals surface area contributed by atoms with Crippen LogP contribution in [0.4, 0.5) is 0 Å². The number of benzene rings is 1. The second kappa shape index (κ2) is 7.34. The van der Waals surface area contributed by atoms with Crippen molar-refractivity contribution in [3.8, 4) is 11.5 Å². The fourth-order valence-electron chi connectivity index (χ4n) is 4.77. The maximum absolute atomic E-state index is 12.0. The molecule has 1 aromatic rings. The molecule has 3 rings (SSSR count). The number of phenolic OH excluding ortho intramolecular Hbond substituents is 1. The van der Waals surface area contributed by atoms with Gasteiger partial charge in [-0.05, 0) is 56.1 Å². The molecule has 1 aliphatic heterocycles. The molecule has 2 N–H and O–H groups in total. The van der Waals surface area contributed by atoms with Crippen molar-refractivity contribution in [2.24, 2.45) is 11.8 Å². The van der Waals surface area contributed by atoms with E-state index in [-0.39, 0.29) is 29.3 Å². The van der Waals surface area contributed by atoms with Crippen molar-refractivity contribution in [1.29, 1.82) is 0 Å². The summed E-state index contributed by atoms with van der Waals surface area (Å²) < 4.78 is 6.24. The molecule has 1 aliphatic carbocycles. The average Bonchev–Trinajstić information content (AvgIpc) is 2.96. The second-order valence-electron chi connectivity index (χ2n) is 8.05. The Labute approximate surface area is 155 Å². The predicted molar refractivity (Wildman–Crippen MR) is 102 cm³/mol. The van der Waals surface area contributed by atoms with Crippen molar-refractivity contribution in [1.82, 2.24) is 0 Å². The second-order valence-corrected chi connectivity index (χ2v) is 8.05. The highest BCUT2D eigenvalue weighted by atomic mass is 16.5. The number of fused-ring (bicyclic) bond motifs is 3. The first-order valence-corrected chi connectivity index (χ1v) is 9.80. The zero-order valence-electron chi connectivity index (χ0n) is 16.0. The summed E-state index contributed by atoms with van der Waals surface area (Å²) in [5.41, 5.74) is 2.69. The lowest BCUT2D eigenvalue weighted by atomic mass is 9.68. The molecule has 2 aliphatic rings. The monoisotopic (exact) mass is 358 g/mol. The summed E-state index contributed by atoms with van der Waals surface area (Å²) in [4.78, 5) is 12.0. The van der Waals surface area contributed by atoms with Gasteiger partial charge in [-0.2, -0.15) is 0 Å². The van der Waals surface area contributed by atoms with Gasteiger partial charge in [0.1, 0.15) is 23.2 Å². The molecule has 2 unspecified atom stereocenters. The number of unbranched alkanes of at least 4 members (excludes halogenated alkanes) is 2. The van der Waals surface area contributed by atoms with Crippen LogP contribution in [0.3, 0.4) is 0 Å². The number of rotatable bonds is 6. The summed E-state index contributed by atoms with van der Waals surface area (Å²) in [6, 6.07) is 1.67. The lowest BCUT2D eigenvalue weighted by Gasteiger charge is -2.37. The van der Waals surface area contributed by atoms with Crippen molar-refractivity contribution < 1.29 is 19.7 Å². The molecule has 1 aromatic carbocycles. The quantitative estimate of drug-likeness (QED) is 0.535. The van der Waals surface area contributed by atoms with Crippen LogP contribution in [0.5, 0.6) is 11.5 Å². The fraction of sp³-hybridized carbons (Fsp3) is 0.591. The normalized spacial score (nSPS) is 26.7. The molecule has 4 atom stereocenters. The summed E-state index contributed by atoms with van der Waals surface area (Å²) in [6.45, 7) is 10.4. The third-order valence-corrected chi connectivity index (χ3v) is 6.14. The summed E-state index contributed by atoms with van der Waals surface area (Å²) in [7, 11) is 0. The molecule has 26 heavy (non-hydrogen) atoms. The van der Waals surface area contributed by atoms with E-state index in [2.05, 4.69) is 20.4 Å². The Hall–Kier alpha value is -1.97. The molecule has 1 heterocycles. The van der Waals surface area contributed by atoms with E-state index in [4.69, 9.17) is 4.74 Å². The third kappa shape index (κ3) is 3.10. The molecule has 4 heteroatoms. The van der Waals surface area contributed by atoms with Gasteiger partial charge in [0.15, 0.2) is 0 Å². The molecule has 0 saturated heterocycles. The number of carbonyl (C=O) groups is 1. The topological polar surface area (TPSA) is 66.8 Å². The average molecular weight is 358 g/mol. The lowest BCUT2D eigenvalue weighted by molar-refractivity contribution is 0.0669. The number of aromatic hydroxyl groups is 1. The Morgan fingerprint density at radius 3 is 2.69 bits per heavy atom. The number of hydrogen-bond acceptors (Lipinski definition) is 3. The van der Waals surface area contributed by atoms with Gasteiger partial charge in [0.05, 0.1) is 0 Å². The molecule has 0 radical (unpaired) electrons. The van der Waals surface area contributed by atoms with E-state index in [1.54, 1.807) is 6.07 Å². The minimum Gasteiger partial charge on any atom is -0.508 e. The van der Waals surface area contributed by atoms with Gasteiger partial charge in [-0.15, -0.1) is 0 Å². The van der Waals surface area contributed by atoms with E-state index in [9.17, 15) is 15.0 Å². The summed E-state index contributed by atoms with van der Waals surface area (Å²) in [6.07, 6.45) is 5.60. The van der Waals surface area contributed by atoms with Crippen LogP contribution < -0.4 is 4.74 Å². The molecular weight excluding hydrogens is 328 g/mol. The minimum absolute atomic E-state index is 0.00552. The highest BCUT2D eigenvalue weighted by Gasteiger charge is 2.48. The Balaban J connectivity index is 2.10. The number of aryl methyl sites for hydroxylation is 1. The fourth-order valence-corrected chi connectivity index (χ4v) is 4.77. The maximum atomic E-state index is 12.0. The highest BCUT2D eigenvalue weighted by molar-refractivity contribution is 5.94. The molecule has 1 saturated carbocycles. The molecular formula is C22H30O4. The van der Waals surface area contributed by atoms with Crippen LogP contribution in [0.2, 0.25) is 0 Å². The van der Waals surface area contributed by atoms with Gasteiger partial charge in [-0.25, -0.2) is 4.79 Å². The Bertz CT molecular complexity index is 721. The van der Waals surface area contributed by atoms with E-state index in [1.165, 1.54) is 0 Å². The van der Waals surface area contributed by atoms with Crippen LogP contribution in [-0.2, 0) is 6.42 Å². The van der Waals surface area contributed by atoms with Crippen LogP contribution in [0, 0.1) is 11.8 Å². The van der Waals surface area contributed by atoms with Gasteiger partial charge in [0.25, 0.3) is 0 Å². The van der Waals surface area contributed by atoms with Gasteiger partial charge >= 0.3 is 5.97 Å². The van der Waals surface area contributed by atoms with Crippen LogP contribution >= 0.6 is 0 Å². The van der Waals surface area contributed by atoms with Crippen molar-refractivity contribution in [3.63, 3.8) is 0 Å². The Morgan fingerprint density at radius 1 is 1.35 bits per heavy atom. The summed E-state index contributed by atoms with van der Waals surface area (Å²) in [5, 5.41) is 20.7. The Morgan fingerprint density at radius 2 is 2.08 bits per heavy atom. The van der Waals surface area contributed by atoms with E-state index in [0.717, 1.165) is 37.7 Å². The first kappa shape index (κ1) is 18.8. The lowest BCUT2D eigenvalue weighted by Crippen LogP contribution is -2.36. The third-order valence-electron chi connectivity index (χ3n) is 6.14. The van der Waals surface area contributed by atoms with Gasteiger partial charge in [0, 0.05) is 11.5 Å². The molecule has 0 bridgehead atoms. The number of ether oxygens (including phenoxy) is 1. The summed E-state index contributed by atoms with van der Waals surface area (Å²) >= 11 is 0. The highest BCUT2D eigenvalue weighted by Crippen LogP contribution is 2.56. The van der Waals surface area contributed by atoms with Crippen molar-refractivity contribution in [3.05, 3.63) is 34.9 Å². The van der Waals surface area contributed by atoms with Gasteiger partial charge in [-0.3, -0.25) is 0 Å². The van der Waals surface area contributed by atoms with E-state index in [1.807, 2.05) is 6.92 Å². The molecule has 0 spiro atoms. The van der Waals surface area contributed by atoms with E-state index in [0.29, 0.717) is 29.2 Å². The smallest absolute Gasteiger partial charge is 0.339 e. The standard InChI is InChI=1S/C22H30O4/c1-5-6-7-8-14-11-16(23)19-18-15(12(2)3)10-9-13(4)20(18)26-21(19)17(14)22(24)25/h11,13,15,18,20,23H,2,5-10H2,1,3-4H3,(H,24,25)/t13-,15+,18?,20?/m1/s1. The van der Waals surface area contributed by atoms with Gasteiger partial charge in [-0.1, -0.05) is 38.8 Å². The largest absolute Gasteiger partial charge is 0.508 e. The number of aromatic carboxylic acids is 1. The number of phenols is 1. The number of carboxylic acid groups (broad SMARTS) is 1. The van der Waals surface area contributed by atoms with Crippen LogP contribution in [0.1, 0.15) is 80.3 Å². The van der Waals surface area contributed by atoms with Gasteiger partial charge in [0.2, 0.25) is 0 Å². The predicted octanol–water partition coefficient (Wildman–Crippen LogP) is 5.29. The van der Waals surface area contributed by atoms with E-state index >= 15 is 0 Å². The van der Waals surface area contributed by atoms with Gasteiger partial charge < -0.3 is 14.9 Å². The molecule has 0 amide bonds. The van der Waals surface area contributed by atoms with Crippen LogP contribution in [-0.4, -0.2) is 22.3 Å². The molecule has 142 valence electrons. The molecule has 0 aromatic heterocycles. The first-order valence-electron chi connectivity index (χ1n) is 9.80.